The number of unbranched alkanes of at least 4 members (excludes halogenated alkanes) is 14. The van der Waals surface area contributed by atoms with Gasteiger partial charge in [-0.25, -0.2) is 4.79 Å². The lowest BCUT2D eigenvalue weighted by atomic mass is 10.0. The number of quaternary nitrogens is 1. The second kappa shape index (κ2) is 48.4. The van der Waals surface area contributed by atoms with Crippen molar-refractivity contribution in [1.82, 2.24) is 0 Å². The lowest BCUT2D eigenvalue weighted by Crippen LogP contribution is -2.50. The van der Waals surface area contributed by atoms with E-state index in [0.717, 1.165) is 109 Å². The number of hydrogen-bond acceptors (Lipinski definition) is 6. The summed E-state index contributed by atoms with van der Waals surface area (Å²) < 4.78 is 17.3. The number of carbonyl (C=O) groups excluding carboxylic acids is 2. The molecule has 0 saturated heterocycles. The van der Waals surface area contributed by atoms with Gasteiger partial charge in [-0.2, -0.15) is 0 Å². The van der Waals surface area contributed by atoms with E-state index >= 15 is 0 Å². The van der Waals surface area contributed by atoms with Crippen molar-refractivity contribution >= 4 is 17.9 Å². The number of carboxylic acids is 1. The summed E-state index contributed by atoms with van der Waals surface area (Å²) in [4.78, 5) is 37.2. The van der Waals surface area contributed by atoms with Gasteiger partial charge < -0.3 is 23.8 Å². The Kier molecular flexibility index (Phi) is 45.5. The number of aliphatic carboxylic acids is 1. The molecule has 0 aliphatic heterocycles. The van der Waals surface area contributed by atoms with Gasteiger partial charge in [0.15, 0.2) is 12.1 Å². The molecule has 8 nitrogen and oxygen atoms in total. The lowest BCUT2D eigenvalue weighted by molar-refractivity contribution is -0.887. The topological polar surface area (TPSA) is 99.1 Å². The van der Waals surface area contributed by atoms with Crippen LogP contribution in [0.25, 0.3) is 0 Å². The normalized spacial score (nSPS) is 13.7. The molecule has 0 aromatic carbocycles. The van der Waals surface area contributed by atoms with Gasteiger partial charge in [-0.3, -0.25) is 9.59 Å². The summed E-state index contributed by atoms with van der Waals surface area (Å²) in [5.74, 6) is -1.51. The molecule has 0 amide bonds. The first kappa shape index (κ1) is 63.0. The van der Waals surface area contributed by atoms with Crippen molar-refractivity contribution in [2.45, 2.75) is 206 Å². The zero-order chi connectivity index (χ0) is 49.2. The average Bonchev–Trinajstić information content (AvgIpc) is 3.29. The van der Waals surface area contributed by atoms with Gasteiger partial charge in [0.05, 0.1) is 34.4 Å². The molecule has 67 heavy (non-hydrogen) atoms. The Hall–Kier alpha value is -4.01. The van der Waals surface area contributed by atoms with E-state index in [2.05, 4.69) is 123 Å². The van der Waals surface area contributed by atoms with E-state index in [1.54, 1.807) is 0 Å². The number of hydrogen-bond donors (Lipinski definition) is 1. The minimum atomic E-state index is -0.883. The van der Waals surface area contributed by atoms with Gasteiger partial charge in [0.2, 0.25) is 0 Å². The smallest absolute Gasteiger partial charge is 0.362 e. The maximum atomic E-state index is 12.8. The van der Waals surface area contributed by atoms with Crippen LogP contribution in [0.4, 0.5) is 0 Å². The predicted octanol–water partition coefficient (Wildman–Crippen LogP) is 15.6. The average molecular weight is 933 g/mol. The molecule has 0 aliphatic rings. The quantitative estimate of drug-likeness (QED) is 0.0281. The standard InChI is InChI=1S/C59H97NO7/c1-6-8-10-12-14-16-18-20-22-24-26-28-29-30-32-33-35-37-39-41-43-45-47-49-57(61)66-54-55(53-65-52-51-56(59(63)64)60(3,4)5)67-58(62)50-48-46-44-42-40-38-36-34-31-27-25-23-21-19-17-15-13-11-9-7-2/h8-11,14-17,20-23,26,28,30,32,35,37,55-56H,6-7,12-13,18-19,24-25,27,29,31,33-34,36,38-54H2,1-5H3/p+1/b10-8+,11-9+,16-14+,17-15+,22-20+,23-21+,28-26+,32-30+,37-35+. The third-order valence-corrected chi connectivity index (χ3v) is 11.2. The van der Waals surface area contributed by atoms with E-state index in [1.165, 1.54) is 51.4 Å². The van der Waals surface area contributed by atoms with Crippen LogP contribution < -0.4 is 0 Å². The second-order valence-electron chi connectivity index (χ2n) is 18.4. The second-order valence-corrected chi connectivity index (χ2v) is 18.4. The predicted molar refractivity (Wildman–Crippen MR) is 284 cm³/mol. The van der Waals surface area contributed by atoms with Crippen LogP contribution in [0.15, 0.2) is 109 Å². The molecule has 2 atom stereocenters. The summed E-state index contributed by atoms with van der Waals surface area (Å²) in [5.41, 5.74) is 0. The van der Waals surface area contributed by atoms with Crippen LogP contribution in [0.1, 0.15) is 194 Å². The van der Waals surface area contributed by atoms with Gasteiger partial charge in [0.1, 0.15) is 6.61 Å². The largest absolute Gasteiger partial charge is 0.477 e. The highest BCUT2D eigenvalue weighted by Gasteiger charge is 2.31. The van der Waals surface area contributed by atoms with Crippen LogP contribution in [0.2, 0.25) is 0 Å². The van der Waals surface area contributed by atoms with Crippen LogP contribution in [-0.4, -0.2) is 80.6 Å². The molecule has 0 aliphatic carbocycles. The van der Waals surface area contributed by atoms with Crippen molar-refractivity contribution in [3.63, 3.8) is 0 Å². The van der Waals surface area contributed by atoms with Crippen molar-refractivity contribution in [1.29, 1.82) is 0 Å². The van der Waals surface area contributed by atoms with E-state index in [9.17, 15) is 19.5 Å². The molecule has 0 aromatic heterocycles. The number of nitrogens with zero attached hydrogens (tertiary/aromatic N) is 1. The molecule has 0 saturated carbocycles. The molecule has 0 fully saturated rings. The van der Waals surface area contributed by atoms with E-state index in [4.69, 9.17) is 14.2 Å². The van der Waals surface area contributed by atoms with Crippen LogP contribution >= 0.6 is 0 Å². The molecule has 8 heteroatoms. The molecule has 0 aromatic rings. The molecule has 0 spiro atoms. The molecule has 0 heterocycles. The highest BCUT2D eigenvalue weighted by molar-refractivity contribution is 5.72. The van der Waals surface area contributed by atoms with Gasteiger partial charge in [0, 0.05) is 19.3 Å². The van der Waals surface area contributed by atoms with Crippen molar-refractivity contribution < 1.29 is 38.2 Å². The molecule has 0 bridgehead atoms. The van der Waals surface area contributed by atoms with Crippen molar-refractivity contribution in [3.8, 4) is 0 Å². The first-order valence-corrected chi connectivity index (χ1v) is 26.4. The number of rotatable bonds is 46. The van der Waals surface area contributed by atoms with Crippen LogP contribution in [-0.2, 0) is 28.6 Å². The summed E-state index contributed by atoms with van der Waals surface area (Å²) in [7, 11) is 5.52. The minimum absolute atomic E-state index is 0.0445. The summed E-state index contributed by atoms with van der Waals surface area (Å²) in [5, 5.41) is 9.67. The fraction of sp³-hybridized carbons (Fsp3) is 0.644. The first-order chi connectivity index (χ1) is 32.6. The Morgan fingerprint density at radius 2 is 0.791 bits per heavy atom. The van der Waals surface area contributed by atoms with E-state index in [-0.39, 0.29) is 36.2 Å². The number of esters is 2. The summed E-state index contributed by atoms with van der Waals surface area (Å²) >= 11 is 0. The fourth-order valence-corrected chi connectivity index (χ4v) is 7.17. The Morgan fingerprint density at radius 3 is 1.16 bits per heavy atom. The monoisotopic (exact) mass is 933 g/mol. The van der Waals surface area contributed by atoms with Gasteiger partial charge in [-0.15, -0.1) is 0 Å². The molecule has 0 rings (SSSR count). The van der Waals surface area contributed by atoms with Crippen LogP contribution in [0, 0.1) is 0 Å². The number of carboxylic acid groups (broad SMARTS) is 1. The van der Waals surface area contributed by atoms with Crippen molar-refractivity contribution in [3.05, 3.63) is 109 Å². The molecule has 1 N–H and O–H groups in total. The first-order valence-electron chi connectivity index (χ1n) is 26.4. The zero-order valence-electron chi connectivity index (χ0n) is 43.3. The third-order valence-electron chi connectivity index (χ3n) is 11.2. The van der Waals surface area contributed by atoms with E-state index < -0.39 is 18.1 Å². The molecular weight excluding hydrogens is 835 g/mol. The molecular formula is C59H98NO7+. The Balaban J connectivity index is 4.31. The van der Waals surface area contributed by atoms with E-state index in [1.807, 2.05) is 21.1 Å². The summed E-state index contributed by atoms with van der Waals surface area (Å²) in [6.07, 6.45) is 67.1. The number of likely N-dealkylation sites (N-methyl/N-ethyl adjacent to an activating group) is 1. The summed E-state index contributed by atoms with van der Waals surface area (Å²) in [6.45, 7) is 4.48. The Morgan fingerprint density at radius 1 is 0.448 bits per heavy atom. The van der Waals surface area contributed by atoms with E-state index in [0.29, 0.717) is 19.3 Å². The third kappa shape index (κ3) is 46.9. The maximum absolute atomic E-state index is 12.8. The minimum Gasteiger partial charge on any atom is -0.477 e. The highest BCUT2D eigenvalue weighted by Crippen LogP contribution is 2.14. The zero-order valence-corrected chi connectivity index (χ0v) is 43.3. The molecule has 2 unspecified atom stereocenters. The Labute approximate surface area is 410 Å². The lowest BCUT2D eigenvalue weighted by Gasteiger charge is -2.31. The number of ether oxygens (including phenoxy) is 3. The molecule has 380 valence electrons. The van der Waals surface area contributed by atoms with Crippen LogP contribution in [0.5, 0.6) is 0 Å². The Bertz CT molecular complexity index is 1460. The highest BCUT2D eigenvalue weighted by atomic mass is 16.6. The van der Waals surface area contributed by atoms with Crippen LogP contribution in [0.3, 0.4) is 0 Å². The van der Waals surface area contributed by atoms with Crippen molar-refractivity contribution in [2.75, 3.05) is 41.0 Å². The van der Waals surface area contributed by atoms with Gasteiger partial charge in [-0.05, 0) is 96.3 Å². The number of carbonyl (C=O) groups is 3. The molecule has 0 radical (unpaired) electrons. The van der Waals surface area contributed by atoms with Crippen molar-refractivity contribution in [2.24, 2.45) is 0 Å². The summed E-state index contributed by atoms with van der Waals surface area (Å²) in [6, 6.07) is -0.627. The maximum Gasteiger partial charge on any atom is 0.362 e. The van der Waals surface area contributed by atoms with Gasteiger partial charge >= 0.3 is 17.9 Å². The number of allylic oxidation sites excluding steroid dienone is 18. The SMILES string of the molecule is CC/C=C/C/C=C/C/C=C/C/C=C/C/C=C/C/C=C/CCCCCCC(=O)OCC(COCCC(C(=O)O)[N+](C)(C)C)OC(=O)CCCCCCCCCCCC/C=C/C/C=C/C/C=C/CC. The van der Waals surface area contributed by atoms with Gasteiger partial charge in [0.25, 0.3) is 0 Å². The fourth-order valence-electron chi connectivity index (χ4n) is 7.17. The van der Waals surface area contributed by atoms with Gasteiger partial charge in [-0.1, -0.05) is 187 Å².